The summed E-state index contributed by atoms with van der Waals surface area (Å²) in [5.74, 6) is 0.682. The summed E-state index contributed by atoms with van der Waals surface area (Å²) in [5, 5.41) is 5.00. The molecule has 5 rings (SSSR count). The number of carbonyl (C=O) groups is 2. The molecular formula is C27H30N4O3. The van der Waals surface area contributed by atoms with Crippen molar-refractivity contribution in [3.63, 3.8) is 0 Å². The lowest BCUT2D eigenvalue weighted by Gasteiger charge is -2.36. The Morgan fingerprint density at radius 2 is 1.53 bits per heavy atom. The maximum absolute atomic E-state index is 13.5. The quantitative estimate of drug-likeness (QED) is 0.551. The summed E-state index contributed by atoms with van der Waals surface area (Å²) >= 11 is 0. The molecule has 34 heavy (non-hydrogen) atoms. The van der Waals surface area contributed by atoms with E-state index < -0.39 is 5.54 Å². The van der Waals surface area contributed by atoms with Gasteiger partial charge in [-0.25, -0.2) is 9.69 Å². The average Bonchev–Trinajstić information content (AvgIpc) is 3.09. The van der Waals surface area contributed by atoms with Crippen LogP contribution in [0.4, 0.5) is 4.79 Å². The molecule has 0 bridgehead atoms. The number of hydrogen-bond acceptors (Lipinski definition) is 5. The number of piperazine rings is 1. The molecule has 0 saturated carbocycles. The second-order valence-corrected chi connectivity index (χ2v) is 9.08. The molecule has 3 aromatic carbocycles. The van der Waals surface area contributed by atoms with Crippen LogP contribution in [0, 0.1) is 0 Å². The van der Waals surface area contributed by atoms with Gasteiger partial charge in [-0.15, -0.1) is 0 Å². The molecular weight excluding hydrogens is 428 g/mol. The third-order valence-electron chi connectivity index (χ3n) is 6.83. The molecule has 0 aliphatic carbocycles. The fraction of sp³-hybridized carbons (Fsp3) is 0.333. The molecule has 1 atom stereocenters. The average molecular weight is 459 g/mol. The van der Waals surface area contributed by atoms with Crippen LogP contribution < -0.4 is 10.1 Å². The van der Waals surface area contributed by atoms with E-state index in [0.717, 1.165) is 54.8 Å². The molecule has 2 aliphatic rings. The number of benzene rings is 3. The number of urea groups is 1. The molecule has 0 unspecified atom stereocenters. The lowest BCUT2D eigenvalue weighted by atomic mass is 9.88. The molecule has 0 aromatic heterocycles. The molecule has 2 aliphatic heterocycles. The van der Waals surface area contributed by atoms with Gasteiger partial charge in [-0.05, 0) is 35.4 Å². The summed E-state index contributed by atoms with van der Waals surface area (Å²) < 4.78 is 5.81. The minimum absolute atomic E-state index is 0.201. The number of rotatable bonds is 7. The van der Waals surface area contributed by atoms with Crippen LogP contribution >= 0.6 is 0 Å². The van der Waals surface area contributed by atoms with E-state index >= 15 is 0 Å². The first-order valence-electron chi connectivity index (χ1n) is 11.8. The van der Waals surface area contributed by atoms with Crippen molar-refractivity contribution in [3.05, 3.63) is 78.4 Å². The minimum atomic E-state index is -1.07. The number of nitrogens with zero attached hydrogens (tertiary/aromatic N) is 3. The molecule has 0 radical (unpaired) electrons. The topological polar surface area (TPSA) is 65.1 Å². The fourth-order valence-electron chi connectivity index (χ4n) is 4.83. The van der Waals surface area contributed by atoms with Crippen LogP contribution in [0.25, 0.3) is 10.8 Å². The Labute approximate surface area is 199 Å². The van der Waals surface area contributed by atoms with Gasteiger partial charge in [0.15, 0.2) is 0 Å². The number of para-hydroxylation sites is 1. The molecule has 3 aromatic rings. The highest BCUT2D eigenvalue weighted by Crippen LogP contribution is 2.34. The minimum Gasteiger partial charge on any atom is -0.492 e. The molecule has 0 spiro atoms. The lowest BCUT2D eigenvalue weighted by Crippen LogP contribution is -2.52. The lowest BCUT2D eigenvalue weighted by molar-refractivity contribution is -0.132. The molecule has 2 fully saturated rings. The van der Waals surface area contributed by atoms with E-state index in [1.165, 1.54) is 4.90 Å². The Balaban J connectivity index is 1.18. The van der Waals surface area contributed by atoms with Crippen LogP contribution in [0.2, 0.25) is 0 Å². The number of ether oxygens (including phenoxy) is 1. The highest BCUT2D eigenvalue weighted by molar-refractivity contribution is 6.09. The monoisotopic (exact) mass is 458 g/mol. The van der Waals surface area contributed by atoms with E-state index in [4.69, 9.17) is 4.74 Å². The predicted octanol–water partition coefficient (Wildman–Crippen LogP) is 3.26. The Kier molecular flexibility index (Phi) is 6.22. The number of carbonyl (C=O) groups excluding carboxylic acids is 2. The van der Waals surface area contributed by atoms with Gasteiger partial charge in [-0.3, -0.25) is 14.6 Å². The van der Waals surface area contributed by atoms with E-state index in [-0.39, 0.29) is 11.9 Å². The summed E-state index contributed by atoms with van der Waals surface area (Å²) in [6.07, 6.45) is 0. The summed E-state index contributed by atoms with van der Waals surface area (Å²) in [4.78, 5) is 32.2. The molecule has 7 heteroatoms. The number of amides is 3. The van der Waals surface area contributed by atoms with Crippen LogP contribution in [-0.2, 0) is 10.3 Å². The van der Waals surface area contributed by atoms with E-state index in [9.17, 15) is 9.59 Å². The van der Waals surface area contributed by atoms with Gasteiger partial charge in [0, 0.05) is 32.7 Å². The van der Waals surface area contributed by atoms with E-state index in [1.807, 2.05) is 72.8 Å². The largest absolute Gasteiger partial charge is 0.492 e. The van der Waals surface area contributed by atoms with Crippen molar-refractivity contribution in [1.29, 1.82) is 0 Å². The Morgan fingerprint density at radius 1 is 0.853 bits per heavy atom. The summed E-state index contributed by atoms with van der Waals surface area (Å²) in [6.45, 7) is 6.95. The van der Waals surface area contributed by atoms with Gasteiger partial charge >= 0.3 is 6.03 Å². The SMILES string of the molecule is C[C@]1(c2cccc3ccccc23)NC(=O)N(CN2CCN(CCOc3ccccc3)CC2)C1=O. The first-order valence-corrected chi connectivity index (χ1v) is 11.8. The third kappa shape index (κ3) is 4.36. The van der Waals surface area contributed by atoms with Crippen LogP contribution in [0.1, 0.15) is 12.5 Å². The summed E-state index contributed by atoms with van der Waals surface area (Å²) in [7, 11) is 0. The second-order valence-electron chi connectivity index (χ2n) is 9.08. The third-order valence-corrected chi connectivity index (χ3v) is 6.83. The van der Waals surface area contributed by atoms with Crippen LogP contribution in [0.5, 0.6) is 5.75 Å². The number of hydrogen-bond donors (Lipinski definition) is 1. The van der Waals surface area contributed by atoms with Crippen molar-refractivity contribution in [1.82, 2.24) is 20.0 Å². The molecule has 1 N–H and O–H groups in total. The smallest absolute Gasteiger partial charge is 0.326 e. The summed E-state index contributed by atoms with van der Waals surface area (Å²) in [5.41, 5.74) is -0.246. The Bertz CT molecular complexity index is 1170. The van der Waals surface area contributed by atoms with Crippen molar-refractivity contribution < 1.29 is 14.3 Å². The zero-order chi connectivity index (χ0) is 23.5. The van der Waals surface area contributed by atoms with Gasteiger partial charge < -0.3 is 10.1 Å². The molecule has 2 saturated heterocycles. The van der Waals surface area contributed by atoms with Gasteiger partial charge in [0.1, 0.15) is 17.9 Å². The van der Waals surface area contributed by atoms with Crippen molar-refractivity contribution >= 4 is 22.7 Å². The van der Waals surface area contributed by atoms with Crippen molar-refractivity contribution in [2.45, 2.75) is 12.5 Å². The Hall–Kier alpha value is -3.42. The maximum atomic E-state index is 13.5. The zero-order valence-corrected chi connectivity index (χ0v) is 19.4. The van der Waals surface area contributed by atoms with Crippen LogP contribution in [0.3, 0.4) is 0 Å². The molecule has 7 nitrogen and oxygen atoms in total. The molecule has 176 valence electrons. The van der Waals surface area contributed by atoms with Gasteiger partial charge in [-0.1, -0.05) is 60.7 Å². The van der Waals surface area contributed by atoms with Gasteiger partial charge in [0.05, 0.1) is 6.67 Å². The number of nitrogens with one attached hydrogen (secondary N) is 1. The van der Waals surface area contributed by atoms with Gasteiger partial charge in [-0.2, -0.15) is 0 Å². The van der Waals surface area contributed by atoms with Gasteiger partial charge in [0.25, 0.3) is 5.91 Å². The molecule has 3 amide bonds. The normalized spacial score (nSPS) is 21.7. The first-order chi connectivity index (χ1) is 16.5. The van der Waals surface area contributed by atoms with E-state index in [1.54, 1.807) is 6.92 Å². The van der Waals surface area contributed by atoms with E-state index in [0.29, 0.717) is 13.3 Å². The molecule has 2 heterocycles. The summed E-state index contributed by atoms with van der Waals surface area (Å²) in [6, 6.07) is 23.3. The Morgan fingerprint density at radius 3 is 2.32 bits per heavy atom. The van der Waals surface area contributed by atoms with Crippen molar-refractivity contribution in [3.8, 4) is 5.75 Å². The second kappa shape index (κ2) is 9.44. The van der Waals surface area contributed by atoms with Gasteiger partial charge in [0.2, 0.25) is 0 Å². The number of imide groups is 1. The standard InChI is InChI=1S/C27H30N4O3/c1-27(24-13-7-9-21-8-5-6-12-23(21)24)25(32)31(26(33)28-27)20-30-16-14-29(15-17-30)18-19-34-22-10-3-2-4-11-22/h2-13H,14-20H2,1H3,(H,28,33)/t27-/m1/s1. The zero-order valence-electron chi connectivity index (χ0n) is 19.4. The van der Waals surface area contributed by atoms with Crippen molar-refractivity contribution in [2.75, 3.05) is 46.0 Å². The highest BCUT2D eigenvalue weighted by Gasteiger charge is 2.50. The fourth-order valence-corrected chi connectivity index (χ4v) is 4.83. The van der Waals surface area contributed by atoms with E-state index in [2.05, 4.69) is 15.1 Å². The highest BCUT2D eigenvalue weighted by atomic mass is 16.5. The van der Waals surface area contributed by atoms with Crippen LogP contribution in [0.15, 0.2) is 72.8 Å². The predicted molar refractivity (Wildman–Crippen MR) is 131 cm³/mol. The maximum Gasteiger partial charge on any atom is 0.326 e. The first kappa shape index (κ1) is 22.4. The number of fused-ring (bicyclic) bond motifs is 1. The van der Waals surface area contributed by atoms with Crippen LogP contribution in [-0.4, -0.2) is 72.6 Å². The van der Waals surface area contributed by atoms with Crippen molar-refractivity contribution in [2.24, 2.45) is 0 Å².